The van der Waals surface area contributed by atoms with Gasteiger partial charge in [-0.25, -0.2) is 4.79 Å². The molecular formula is C24H23NO5. The lowest BCUT2D eigenvalue weighted by Crippen LogP contribution is -2.30. The number of ether oxygens (including phenoxy) is 3. The smallest absolute Gasteiger partial charge is 0.343 e. The van der Waals surface area contributed by atoms with Gasteiger partial charge >= 0.3 is 5.97 Å². The second-order valence-electron chi connectivity index (χ2n) is 6.53. The van der Waals surface area contributed by atoms with Crippen LogP contribution in [0, 0.1) is 0 Å². The molecule has 0 saturated carbocycles. The van der Waals surface area contributed by atoms with Gasteiger partial charge in [0.05, 0.1) is 7.11 Å². The number of rotatable bonds is 8. The summed E-state index contributed by atoms with van der Waals surface area (Å²) in [4.78, 5) is 23.5. The van der Waals surface area contributed by atoms with Gasteiger partial charge in [-0.2, -0.15) is 0 Å². The van der Waals surface area contributed by atoms with Crippen molar-refractivity contribution < 1.29 is 23.8 Å². The van der Waals surface area contributed by atoms with E-state index in [1.807, 2.05) is 54.6 Å². The van der Waals surface area contributed by atoms with E-state index in [-0.39, 0.29) is 12.5 Å². The van der Waals surface area contributed by atoms with Crippen LogP contribution in [0.5, 0.6) is 11.5 Å². The summed E-state index contributed by atoms with van der Waals surface area (Å²) in [5, 5.41) is 2.79. The van der Waals surface area contributed by atoms with Crippen molar-refractivity contribution in [1.29, 1.82) is 0 Å². The topological polar surface area (TPSA) is 73.9 Å². The number of amides is 1. The third kappa shape index (κ3) is 5.85. The van der Waals surface area contributed by atoms with Crippen LogP contribution in [-0.2, 0) is 14.3 Å². The Hall–Kier alpha value is -3.80. The number of carbonyl (C=O) groups excluding carboxylic acids is 2. The SMILES string of the molecule is COC(=O)COc1ccc(NC(=O)C(C)Oc2ccc(-c3ccccc3)cc2)cc1. The average molecular weight is 405 g/mol. The van der Waals surface area contributed by atoms with Crippen LogP contribution < -0.4 is 14.8 Å². The molecule has 6 heteroatoms. The number of esters is 1. The molecule has 1 atom stereocenters. The Morgan fingerprint density at radius 1 is 0.833 bits per heavy atom. The molecule has 1 N–H and O–H groups in total. The number of anilines is 1. The van der Waals surface area contributed by atoms with Gasteiger partial charge in [0.15, 0.2) is 12.7 Å². The molecular weight excluding hydrogens is 382 g/mol. The van der Waals surface area contributed by atoms with E-state index in [9.17, 15) is 9.59 Å². The summed E-state index contributed by atoms with van der Waals surface area (Å²) in [5.74, 6) is 0.380. The molecule has 0 aliphatic heterocycles. The molecule has 0 aliphatic carbocycles. The Kier molecular flexibility index (Phi) is 7.05. The molecule has 0 saturated heterocycles. The number of hydrogen-bond donors (Lipinski definition) is 1. The van der Waals surface area contributed by atoms with E-state index in [0.717, 1.165) is 11.1 Å². The molecule has 0 spiro atoms. The van der Waals surface area contributed by atoms with E-state index in [1.165, 1.54) is 7.11 Å². The minimum absolute atomic E-state index is 0.170. The lowest BCUT2D eigenvalue weighted by atomic mass is 10.1. The zero-order valence-corrected chi connectivity index (χ0v) is 16.8. The first kappa shape index (κ1) is 20.9. The molecule has 3 rings (SSSR count). The summed E-state index contributed by atoms with van der Waals surface area (Å²) in [6.45, 7) is 1.52. The van der Waals surface area contributed by atoms with Gasteiger partial charge in [-0.3, -0.25) is 4.79 Å². The highest BCUT2D eigenvalue weighted by Gasteiger charge is 2.15. The minimum Gasteiger partial charge on any atom is -0.482 e. The highest BCUT2D eigenvalue weighted by atomic mass is 16.6. The summed E-state index contributed by atoms with van der Waals surface area (Å²) in [5.41, 5.74) is 2.80. The number of benzene rings is 3. The van der Waals surface area contributed by atoms with Gasteiger partial charge in [0.25, 0.3) is 5.91 Å². The van der Waals surface area contributed by atoms with Gasteiger partial charge in [0, 0.05) is 5.69 Å². The second kappa shape index (κ2) is 10.1. The van der Waals surface area contributed by atoms with Gasteiger partial charge in [-0.15, -0.1) is 0 Å². The molecule has 0 aliphatic rings. The van der Waals surface area contributed by atoms with Crippen molar-refractivity contribution in [2.45, 2.75) is 13.0 Å². The van der Waals surface area contributed by atoms with E-state index in [2.05, 4.69) is 10.1 Å². The van der Waals surface area contributed by atoms with E-state index in [4.69, 9.17) is 9.47 Å². The minimum atomic E-state index is -0.678. The van der Waals surface area contributed by atoms with Crippen LogP contribution in [0.25, 0.3) is 11.1 Å². The molecule has 6 nitrogen and oxygen atoms in total. The molecule has 154 valence electrons. The molecule has 1 amide bonds. The predicted octanol–water partition coefficient (Wildman–Crippen LogP) is 4.31. The van der Waals surface area contributed by atoms with Crippen molar-refractivity contribution in [3.63, 3.8) is 0 Å². The predicted molar refractivity (Wildman–Crippen MR) is 115 cm³/mol. The van der Waals surface area contributed by atoms with E-state index in [0.29, 0.717) is 17.2 Å². The lowest BCUT2D eigenvalue weighted by Gasteiger charge is -2.15. The molecule has 0 fully saturated rings. The second-order valence-corrected chi connectivity index (χ2v) is 6.53. The van der Waals surface area contributed by atoms with Crippen LogP contribution in [0.3, 0.4) is 0 Å². The maximum Gasteiger partial charge on any atom is 0.343 e. The van der Waals surface area contributed by atoms with Gasteiger partial charge in [0.2, 0.25) is 0 Å². The average Bonchev–Trinajstić information content (AvgIpc) is 2.79. The monoisotopic (exact) mass is 405 g/mol. The van der Waals surface area contributed by atoms with Crippen LogP contribution in [0.15, 0.2) is 78.9 Å². The molecule has 0 aromatic heterocycles. The first-order chi connectivity index (χ1) is 14.5. The van der Waals surface area contributed by atoms with Crippen molar-refractivity contribution in [3.05, 3.63) is 78.9 Å². The molecule has 3 aromatic carbocycles. The summed E-state index contributed by atoms with van der Waals surface area (Å²) >= 11 is 0. The maximum absolute atomic E-state index is 12.4. The Bertz CT molecular complexity index is 969. The highest BCUT2D eigenvalue weighted by Crippen LogP contribution is 2.23. The van der Waals surface area contributed by atoms with Crippen molar-refractivity contribution in [2.75, 3.05) is 19.0 Å². The van der Waals surface area contributed by atoms with Crippen molar-refractivity contribution in [1.82, 2.24) is 0 Å². The van der Waals surface area contributed by atoms with Crippen LogP contribution in [0.2, 0.25) is 0 Å². The third-order valence-electron chi connectivity index (χ3n) is 4.35. The van der Waals surface area contributed by atoms with Crippen LogP contribution in [0.1, 0.15) is 6.92 Å². The zero-order valence-electron chi connectivity index (χ0n) is 16.8. The van der Waals surface area contributed by atoms with E-state index in [1.54, 1.807) is 31.2 Å². The number of methoxy groups -OCH3 is 1. The fraction of sp³-hybridized carbons (Fsp3) is 0.167. The maximum atomic E-state index is 12.4. The number of carbonyl (C=O) groups is 2. The Balaban J connectivity index is 1.52. The summed E-state index contributed by atoms with van der Waals surface area (Å²) < 4.78 is 15.5. The number of hydrogen-bond acceptors (Lipinski definition) is 5. The van der Waals surface area contributed by atoms with Crippen molar-refractivity contribution in [3.8, 4) is 22.6 Å². The first-order valence-corrected chi connectivity index (χ1v) is 9.48. The first-order valence-electron chi connectivity index (χ1n) is 9.48. The van der Waals surface area contributed by atoms with Crippen molar-refractivity contribution >= 4 is 17.6 Å². The lowest BCUT2D eigenvalue weighted by molar-refractivity contribution is -0.142. The van der Waals surface area contributed by atoms with Crippen LogP contribution in [0.4, 0.5) is 5.69 Å². The summed E-state index contributed by atoms with van der Waals surface area (Å²) in [7, 11) is 1.30. The molecule has 0 bridgehead atoms. The summed E-state index contributed by atoms with van der Waals surface area (Å²) in [6.07, 6.45) is -0.678. The highest BCUT2D eigenvalue weighted by molar-refractivity contribution is 5.94. The molecule has 1 unspecified atom stereocenters. The van der Waals surface area contributed by atoms with Gasteiger partial charge < -0.3 is 19.5 Å². The normalized spacial score (nSPS) is 11.3. The van der Waals surface area contributed by atoms with Crippen LogP contribution in [-0.4, -0.2) is 31.7 Å². The Morgan fingerprint density at radius 2 is 1.43 bits per heavy atom. The third-order valence-corrected chi connectivity index (χ3v) is 4.35. The van der Waals surface area contributed by atoms with Gasteiger partial charge in [-0.1, -0.05) is 42.5 Å². The largest absolute Gasteiger partial charge is 0.482 e. The Labute approximate surface area is 175 Å². The zero-order chi connectivity index (χ0) is 21.3. The van der Waals surface area contributed by atoms with Crippen LogP contribution >= 0.6 is 0 Å². The van der Waals surface area contributed by atoms with E-state index >= 15 is 0 Å². The van der Waals surface area contributed by atoms with E-state index < -0.39 is 12.1 Å². The Morgan fingerprint density at radius 3 is 2.07 bits per heavy atom. The summed E-state index contributed by atoms with van der Waals surface area (Å²) in [6, 6.07) is 24.3. The fourth-order valence-corrected chi connectivity index (χ4v) is 2.69. The molecule has 3 aromatic rings. The quantitative estimate of drug-likeness (QED) is 0.565. The molecule has 30 heavy (non-hydrogen) atoms. The van der Waals surface area contributed by atoms with Gasteiger partial charge in [0.1, 0.15) is 11.5 Å². The standard InChI is InChI=1S/C24H23NO5/c1-17(30-22-12-8-19(9-13-22)18-6-4-3-5-7-18)24(27)25-20-10-14-21(15-11-20)29-16-23(26)28-2/h3-15,17H,16H2,1-2H3,(H,25,27). The molecule has 0 radical (unpaired) electrons. The number of nitrogens with one attached hydrogen (secondary N) is 1. The van der Waals surface area contributed by atoms with Gasteiger partial charge in [-0.05, 0) is 54.4 Å². The van der Waals surface area contributed by atoms with Crippen molar-refractivity contribution in [2.24, 2.45) is 0 Å². The molecule has 0 heterocycles. The fourth-order valence-electron chi connectivity index (χ4n) is 2.69.